The Bertz CT molecular complexity index is 835. The van der Waals surface area contributed by atoms with E-state index in [4.69, 9.17) is 4.74 Å². The van der Waals surface area contributed by atoms with E-state index in [9.17, 15) is 9.59 Å². The number of methoxy groups -OCH3 is 1. The summed E-state index contributed by atoms with van der Waals surface area (Å²) in [5.74, 6) is -0.110. The molecule has 0 atom stereocenters. The number of ether oxygens (including phenoxy) is 1. The highest BCUT2D eigenvalue weighted by atomic mass is 16.5. The predicted octanol–water partition coefficient (Wildman–Crippen LogP) is 3.01. The lowest BCUT2D eigenvalue weighted by atomic mass is 10.1. The quantitative estimate of drug-likeness (QED) is 0.638. The van der Waals surface area contributed by atoms with Gasteiger partial charge in [-0.25, -0.2) is 0 Å². The van der Waals surface area contributed by atoms with E-state index in [0.717, 1.165) is 36.4 Å². The fourth-order valence-corrected chi connectivity index (χ4v) is 3.91. The van der Waals surface area contributed by atoms with Crippen molar-refractivity contribution in [3.05, 3.63) is 65.7 Å². The van der Waals surface area contributed by atoms with Gasteiger partial charge in [0.2, 0.25) is 5.91 Å². The molecule has 6 nitrogen and oxygen atoms in total. The van der Waals surface area contributed by atoms with Crippen LogP contribution in [-0.4, -0.2) is 56.6 Å². The number of carbonyl (C=O) groups excluding carboxylic acids is 2. The van der Waals surface area contributed by atoms with Crippen molar-refractivity contribution in [1.82, 2.24) is 10.2 Å². The molecular weight excluding hydrogens is 390 g/mol. The number of benzene rings is 2. The van der Waals surface area contributed by atoms with Crippen molar-refractivity contribution in [2.24, 2.45) is 0 Å². The van der Waals surface area contributed by atoms with E-state index in [-0.39, 0.29) is 18.4 Å². The van der Waals surface area contributed by atoms with Gasteiger partial charge in [-0.1, -0.05) is 48.9 Å². The van der Waals surface area contributed by atoms with Crippen molar-refractivity contribution in [2.75, 3.05) is 44.8 Å². The third kappa shape index (κ3) is 7.49. The molecule has 0 radical (unpaired) electrons. The molecule has 1 saturated heterocycles. The summed E-state index contributed by atoms with van der Waals surface area (Å²) in [5.41, 5.74) is 2.69. The Morgan fingerprint density at radius 1 is 1.00 bits per heavy atom. The van der Waals surface area contributed by atoms with Crippen molar-refractivity contribution in [3.8, 4) is 0 Å². The van der Waals surface area contributed by atoms with Crippen LogP contribution in [0.15, 0.2) is 54.6 Å². The van der Waals surface area contributed by atoms with E-state index in [0.29, 0.717) is 19.5 Å². The number of likely N-dealkylation sites (tertiary alicyclic amines) is 1. The third-order valence-electron chi connectivity index (χ3n) is 5.54. The van der Waals surface area contributed by atoms with Crippen LogP contribution in [0, 0.1) is 0 Å². The second-order valence-corrected chi connectivity index (χ2v) is 8.00. The second kappa shape index (κ2) is 12.2. The topological polar surface area (TPSA) is 61.9 Å². The normalized spacial score (nSPS) is 14.2. The van der Waals surface area contributed by atoms with Crippen molar-refractivity contribution in [1.29, 1.82) is 0 Å². The van der Waals surface area contributed by atoms with E-state index < -0.39 is 0 Å². The zero-order chi connectivity index (χ0) is 21.9. The highest BCUT2D eigenvalue weighted by Gasteiger charge is 2.17. The van der Waals surface area contributed by atoms with E-state index in [2.05, 4.69) is 10.2 Å². The molecule has 1 heterocycles. The first-order chi connectivity index (χ1) is 15.2. The zero-order valence-corrected chi connectivity index (χ0v) is 18.4. The molecule has 166 valence electrons. The standard InChI is InChI=1S/C25H33N3O3/c1-31-20-25(30)28(19-21-9-4-2-5-10-21)23-12-8-11-22(17-23)18-24(29)26-13-16-27-14-6-3-7-15-27/h2,4-5,8-12,17H,3,6-7,13-16,18-20H2,1H3,(H,26,29). The van der Waals surface area contributed by atoms with Gasteiger partial charge in [-0.3, -0.25) is 9.59 Å². The fourth-order valence-electron chi connectivity index (χ4n) is 3.91. The molecule has 3 rings (SSSR count). The molecule has 0 bridgehead atoms. The van der Waals surface area contributed by atoms with Gasteiger partial charge in [-0.05, 0) is 49.2 Å². The van der Waals surface area contributed by atoms with Crippen molar-refractivity contribution >= 4 is 17.5 Å². The van der Waals surface area contributed by atoms with Gasteiger partial charge < -0.3 is 19.9 Å². The average Bonchev–Trinajstić information content (AvgIpc) is 2.79. The molecular formula is C25H33N3O3. The molecule has 1 aliphatic heterocycles. The first kappa shape index (κ1) is 23.0. The largest absolute Gasteiger partial charge is 0.375 e. The maximum Gasteiger partial charge on any atom is 0.253 e. The number of rotatable bonds is 10. The fraction of sp³-hybridized carbons (Fsp3) is 0.440. The molecule has 31 heavy (non-hydrogen) atoms. The van der Waals surface area contributed by atoms with Crippen LogP contribution in [0.1, 0.15) is 30.4 Å². The molecule has 1 aliphatic rings. The van der Waals surface area contributed by atoms with Crippen LogP contribution in [0.3, 0.4) is 0 Å². The van der Waals surface area contributed by atoms with Gasteiger partial charge in [0.1, 0.15) is 6.61 Å². The summed E-state index contributed by atoms with van der Waals surface area (Å²) < 4.78 is 5.07. The summed E-state index contributed by atoms with van der Waals surface area (Å²) in [6, 6.07) is 17.5. The molecule has 6 heteroatoms. The van der Waals surface area contributed by atoms with Crippen molar-refractivity contribution in [2.45, 2.75) is 32.2 Å². The van der Waals surface area contributed by atoms with Crippen LogP contribution in [0.2, 0.25) is 0 Å². The summed E-state index contributed by atoms with van der Waals surface area (Å²) in [7, 11) is 1.52. The molecule has 2 aromatic rings. The van der Waals surface area contributed by atoms with Gasteiger partial charge in [-0.15, -0.1) is 0 Å². The van der Waals surface area contributed by atoms with Crippen LogP contribution < -0.4 is 10.2 Å². The summed E-state index contributed by atoms with van der Waals surface area (Å²) in [5, 5.41) is 3.03. The molecule has 0 spiro atoms. The van der Waals surface area contributed by atoms with Gasteiger partial charge in [0.15, 0.2) is 0 Å². The molecule has 1 N–H and O–H groups in total. The van der Waals surface area contributed by atoms with Gasteiger partial charge in [0.25, 0.3) is 5.91 Å². The maximum atomic E-state index is 12.7. The Morgan fingerprint density at radius 3 is 2.48 bits per heavy atom. The molecule has 0 aliphatic carbocycles. The number of amides is 2. The molecule has 0 unspecified atom stereocenters. The van der Waals surface area contributed by atoms with Gasteiger partial charge in [0.05, 0.1) is 13.0 Å². The predicted molar refractivity (Wildman–Crippen MR) is 123 cm³/mol. The monoisotopic (exact) mass is 423 g/mol. The van der Waals surface area contributed by atoms with Gasteiger partial charge in [-0.2, -0.15) is 0 Å². The number of nitrogens with one attached hydrogen (secondary N) is 1. The first-order valence-electron chi connectivity index (χ1n) is 11.1. The number of hydrogen-bond donors (Lipinski definition) is 1. The Kier molecular flexibility index (Phi) is 9.06. The highest BCUT2D eigenvalue weighted by molar-refractivity contribution is 5.94. The van der Waals surface area contributed by atoms with Gasteiger partial charge >= 0.3 is 0 Å². The molecule has 1 fully saturated rings. The minimum absolute atomic E-state index is 0.00647. The number of hydrogen-bond acceptors (Lipinski definition) is 4. The van der Waals surface area contributed by atoms with Crippen LogP contribution in [0.5, 0.6) is 0 Å². The molecule has 0 aromatic heterocycles. The summed E-state index contributed by atoms with van der Waals surface area (Å²) in [4.78, 5) is 29.2. The first-order valence-corrected chi connectivity index (χ1v) is 11.1. The van der Waals surface area contributed by atoms with Crippen molar-refractivity contribution in [3.63, 3.8) is 0 Å². The Balaban J connectivity index is 1.60. The van der Waals surface area contributed by atoms with E-state index in [1.807, 2.05) is 54.6 Å². The number of anilines is 1. The van der Waals surface area contributed by atoms with E-state index in [1.54, 1.807) is 4.90 Å². The summed E-state index contributed by atoms with van der Waals surface area (Å²) in [6.45, 7) is 4.30. The van der Waals surface area contributed by atoms with Gasteiger partial charge in [0, 0.05) is 25.9 Å². The molecule has 2 aromatic carbocycles. The number of nitrogens with zero attached hydrogens (tertiary/aromatic N) is 2. The average molecular weight is 424 g/mol. The van der Waals surface area contributed by atoms with Crippen LogP contribution in [0.25, 0.3) is 0 Å². The van der Waals surface area contributed by atoms with Crippen molar-refractivity contribution < 1.29 is 14.3 Å². The number of carbonyl (C=O) groups is 2. The Labute approximate surface area is 185 Å². The lowest BCUT2D eigenvalue weighted by Gasteiger charge is -2.26. The Hall–Kier alpha value is -2.70. The maximum absolute atomic E-state index is 12.7. The third-order valence-corrected chi connectivity index (χ3v) is 5.54. The molecule has 0 saturated carbocycles. The van der Waals surface area contributed by atoms with Crippen LogP contribution >= 0.6 is 0 Å². The van der Waals surface area contributed by atoms with E-state index in [1.165, 1.54) is 26.4 Å². The molecule has 2 amide bonds. The minimum atomic E-state index is -0.116. The lowest BCUT2D eigenvalue weighted by Crippen LogP contribution is -2.38. The summed E-state index contributed by atoms with van der Waals surface area (Å²) >= 11 is 0. The van der Waals surface area contributed by atoms with Crippen LogP contribution in [-0.2, 0) is 27.3 Å². The second-order valence-electron chi connectivity index (χ2n) is 8.00. The Morgan fingerprint density at radius 2 is 1.74 bits per heavy atom. The smallest absolute Gasteiger partial charge is 0.253 e. The van der Waals surface area contributed by atoms with E-state index >= 15 is 0 Å². The SMILES string of the molecule is COCC(=O)N(Cc1ccccc1)c1cccc(CC(=O)NCCN2CCCCC2)c1. The summed E-state index contributed by atoms with van der Waals surface area (Å²) in [6.07, 6.45) is 4.11. The zero-order valence-electron chi connectivity index (χ0n) is 18.4. The number of piperidine rings is 1. The highest BCUT2D eigenvalue weighted by Crippen LogP contribution is 2.20. The van der Waals surface area contributed by atoms with Crippen LogP contribution in [0.4, 0.5) is 5.69 Å². The minimum Gasteiger partial charge on any atom is -0.375 e. The lowest BCUT2D eigenvalue weighted by molar-refractivity contribution is -0.122.